The highest BCUT2D eigenvalue weighted by Crippen LogP contribution is 2.29. The zero-order valence-corrected chi connectivity index (χ0v) is 11.0. The van der Waals surface area contributed by atoms with Crippen molar-refractivity contribution in [3.8, 4) is 5.75 Å². The van der Waals surface area contributed by atoms with Gasteiger partial charge in [0.1, 0.15) is 0 Å². The monoisotopic (exact) mass is 272 g/mol. The van der Waals surface area contributed by atoms with Crippen LogP contribution >= 0.6 is 0 Å². The van der Waals surface area contributed by atoms with Crippen LogP contribution in [-0.2, 0) is 0 Å². The van der Waals surface area contributed by atoms with Crippen molar-refractivity contribution in [2.75, 3.05) is 6.61 Å². The van der Waals surface area contributed by atoms with Crippen LogP contribution in [0.2, 0.25) is 0 Å². The number of hydrogen-bond acceptors (Lipinski definition) is 1. The second-order valence-electron chi connectivity index (χ2n) is 5.45. The van der Waals surface area contributed by atoms with Crippen LogP contribution in [0, 0.1) is 30.4 Å². The standard InChI is InChI=1S/C15H20F2O.CH4.H2/c1-10-3-6-12(7-4-10)9-18-13-8-5-11(2)14(16)15(13)17;;/h5,8,10,12H,3-4,6-7,9H2,1-2H3;1H4;1H. The first-order valence-corrected chi connectivity index (χ1v) is 6.65. The van der Waals surface area contributed by atoms with Crippen LogP contribution < -0.4 is 4.74 Å². The van der Waals surface area contributed by atoms with Crippen LogP contribution in [0.3, 0.4) is 0 Å². The zero-order valence-electron chi connectivity index (χ0n) is 11.0. The van der Waals surface area contributed by atoms with Gasteiger partial charge in [0.05, 0.1) is 6.61 Å². The first kappa shape index (κ1) is 15.9. The normalized spacial score (nSPS) is 22.7. The molecule has 3 heteroatoms. The number of aryl methyl sites for hydroxylation is 1. The van der Waals surface area contributed by atoms with E-state index < -0.39 is 11.6 Å². The van der Waals surface area contributed by atoms with E-state index in [2.05, 4.69) is 6.92 Å². The highest BCUT2D eigenvalue weighted by atomic mass is 19.2. The fourth-order valence-corrected chi connectivity index (χ4v) is 2.44. The first-order chi connectivity index (χ1) is 8.58. The number of hydrogen-bond donors (Lipinski definition) is 0. The van der Waals surface area contributed by atoms with Crippen LogP contribution in [0.5, 0.6) is 5.75 Å². The van der Waals surface area contributed by atoms with E-state index in [1.54, 1.807) is 13.0 Å². The smallest absolute Gasteiger partial charge is 0.200 e. The molecule has 1 aliphatic carbocycles. The van der Waals surface area contributed by atoms with Gasteiger partial charge in [-0.2, -0.15) is 4.39 Å². The van der Waals surface area contributed by atoms with Crippen molar-refractivity contribution in [2.24, 2.45) is 11.8 Å². The van der Waals surface area contributed by atoms with Gasteiger partial charge in [0.25, 0.3) is 0 Å². The van der Waals surface area contributed by atoms with Gasteiger partial charge < -0.3 is 4.74 Å². The lowest BCUT2D eigenvalue weighted by molar-refractivity contribution is 0.182. The molecule has 0 saturated heterocycles. The van der Waals surface area contributed by atoms with E-state index in [1.165, 1.54) is 18.9 Å². The number of rotatable bonds is 3. The Labute approximate surface area is 116 Å². The van der Waals surface area contributed by atoms with E-state index in [0.29, 0.717) is 18.1 Å². The van der Waals surface area contributed by atoms with Crippen molar-refractivity contribution in [2.45, 2.75) is 47.0 Å². The lowest BCUT2D eigenvalue weighted by Gasteiger charge is -2.26. The molecule has 19 heavy (non-hydrogen) atoms. The summed E-state index contributed by atoms with van der Waals surface area (Å²) in [7, 11) is 0. The first-order valence-electron chi connectivity index (χ1n) is 6.65. The number of ether oxygens (including phenoxy) is 1. The topological polar surface area (TPSA) is 9.23 Å². The van der Waals surface area contributed by atoms with E-state index in [0.717, 1.165) is 18.8 Å². The fraction of sp³-hybridized carbons (Fsp3) is 0.625. The summed E-state index contributed by atoms with van der Waals surface area (Å²) in [5, 5.41) is 0. The molecule has 0 amide bonds. The number of benzene rings is 1. The Kier molecular flexibility index (Phi) is 5.77. The van der Waals surface area contributed by atoms with Gasteiger partial charge >= 0.3 is 0 Å². The summed E-state index contributed by atoms with van der Waals surface area (Å²) in [5.41, 5.74) is 0.311. The lowest BCUT2D eigenvalue weighted by Crippen LogP contribution is -2.19. The van der Waals surface area contributed by atoms with E-state index in [4.69, 9.17) is 4.74 Å². The molecule has 1 aliphatic rings. The summed E-state index contributed by atoms with van der Waals surface area (Å²) < 4.78 is 32.4. The Morgan fingerprint density at radius 3 is 2.42 bits per heavy atom. The molecule has 1 aromatic rings. The molecule has 1 nitrogen and oxygen atoms in total. The summed E-state index contributed by atoms with van der Waals surface area (Å²) in [6.07, 6.45) is 4.66. The average molecular weight is 272 g/mol. The maximum Gasteiger partial charge on any atom is 0.200 e. The van der Waals surface area contributed by atoms with Gasteiger partial charge in [0.2, 0.25) is 5.82 Å². The molecule has 110 valence electrons. The van der Waals surface area contributed by atoms with Gasteiger partial charge in [0.15, 0.2) is 11.6 Å². The Balaban J connectivity index is 0.00000180. The molecule has 1 saturated carbocycles. The molecule has 0 unspecified atom stereocenters. The summed E-state index contributed by atoms with van der Waals surface area (Å²) in [4.78, 5) is 0. The van der Waals surface area contributed by atoms with Gasteiger partial charge in [-0.25, -0.2) is 4.39 Å². The van der Waals surface area contributed by atoms with E-state index in [-0.39, 0.29) is 14.6 Å². The highest BCUT2D eigenvalue weighted by Gasteiger charge is 2.20. The minimum absolute atomic E-state index is 0. The van der Waals surface area contributed by atoms with Crippen molar-refractivity contribution < 1.29 is 14.9 Å². The summed E-state index contributed by atoms with van der Waals surface area (Å²) in [5.74, 6) is -0.361. The zero-order chi connectivity index (χ0) is 13.1. The van der Waals surface area contributed by atoms with E-state index in [9.17, 15) is 8.78 Å². The Hall–Kier alpha value is -1.12. The van der Waals surface area contributed by atoms with Crippen LogP contribution in [0.15, 0.2) is 12.1 Å². The predicted octanol–water partition coefficient (Wildman–Crippen LogP) is 5.36. The van der Waals surface area contributed by atoms with Gasteiger partial charge in [-0.3, -0.25) is 0 Å². The van der Waals surface area contributed by atoms with Crippen molar-refractivity contribution >= 4 is 0 Å². The summed E-state index contributed by atoms with van der Waals surface area (Å²) >= 11 is 0. The average Bonchev–Trinajstić information content (AvgIpc) is 2.37. The van der Waals surface area contributed by atoms with Crippen LogP contribution in [-0.4, -0.2) is 6.61 Å². The molecule has 0 radical (unpaired) electrons. The van der Waals surface area contributed by atoms with Gasteiger partial charge in [-0.1, -0.05) is 33.3 Å². The van der Waals surface area contributed by atoms with Crippen molar-refractivity contribution in [3.05, 3.63) is 29.3 Å². The molecule has 0 atom stereocenters. The molecule has 1 aromatic carbocycles. The predicted molar refractivity (Wildman–Crippen MR) is 76.6 cm³/mol. The SMILES string of the molecule is C.Cc1ccc(OCC2CCC(C)CC2)c(F)c1F.[HH]. The third-order valence-corrected chi connectivity index (χ3v) is 3.85. The fourth-order valence-electron chi connectivity index (χ4n) is 2.44. The van der Waals surface area contributed by atoms with Crippen molar-refractivity contribution in [1.29, 1.82) is 0 Å². The minimum Gasteiger partial charge on any atom is -0.490 e. The Morgan fingerprint density at radius 1 is 1.16 bits per heavy atom. The van der Waals surface area contributed by atoms with Crippen LogP contribution in [0.1, 0.15) is 47.0 Å². The molecular formula is C16H26F2O. The molecule has 0 heterocycles. The molecule has 1 fully saturated rings. The van der Waals surface area contributed by atoms with Crippen molar-refractivity contribution in [3.63, 3.8) is 0 Å². The highest BCUT2D eigenvalue weighted by molar-refractivity contribution is 5.30. The Bertz CT molecular complexity index is 415. The molecule has 0 aliphatic heterocycles. The summed E-state index contributed by atoms with van der Waals surface area (Å²) in [6.45, 7) is 4.29. The molecule has 0 spiro atoms. The van der Waals surface area contributed by atoms with E-state index >= 15 is 0 Å². The maximum atomic E-state index is 13.6. The van der Waals surface area contributed by atoms with Gasteiger partial charge in [-0.15, -0.1) is 0 Å². The van der Waals surface area contributed by atoms with Crippen LogP contribution in [0.25, 0.3) is 0 Å². The van der Waals surface area contributed by atoms with Crippen molar-refractivity contribution in [1.82, 2.24) is 0 Å². The third kappa shape index (κ3) is 3.92. The largest absolute Gasteiger partial charge is 0.490 e. The van der Waals surface area contributed by atoms with Crippen LogP contribution in [0.4, 0.5) is 8.78 Å². The summed E-state index contributed by atoms with van der Waals surface area (Å²) in [6, 6.07) is 3.07. The second-order valence-corrected chi connectivity index (χ2v) is 5.45. The molecule has 2 rings (SSSR count). The third-order valence-electron chi connectivity index (χ3n) is 3.85. The molecule has 0 aromatic heterocycles. The minimum atomic E-state index is -0.862. The van der Waals surface area contributed by atoms with Gasteiger partial charge in [0, 0.05) is 1.43 Å². The van der Waals surface area contributed by atoms with E-state index in [1.807, 2.05) is 0 Å². The maximum absolute atomic E-state index is 13.6. The van der Waals surface area contributed by atoms with Gasteiger partial charge in [-0.05, 0) is 43.2 Å². The second kappa shape index (κ2) is 6.88. The quantitative estimate of drug-likeness (QED) is 0.719. The molecule has 0 bridgehead atoms. The Morgan fingerprint density at radius 2 is 1.79 bits per heavy atom. The molecule has 0 N–H and O–H groups in total. The molecular weight excluding hydrogens is 246 g/mol. The lowest BCUT2D eigenvalue weighted by atomic mass is 9.83. The number of halogens is 2.